The first-order valence-corrected chi connectivity index (χ1v) is 4.08. The second-order valence-electron chi connectivity index (χ2n) is 3.81. The van der Waals surface area contributed by atoms with E-state index in [0.29, 0.717) is 12.0 Å². The molecule has 2 nitrogen and oxygen atoms in total. The highest BCUT2D eigenvalue weighted by Crippen LogP contribution is 2.43. The first-order valence-electron chi connectivity index (χ1n) is 4.08. The van der Waals surface area contributed by atoms with Gasteiger partial charge in [-0.1, -0.05) is 0 Å². The fourth-order valence-electron chi connectivity index (χ4n) is 2.36. The maximum absolute atomic E-state index is 9.33. The molecule has 2 fully saturated rings. The number of fused-ring (bicyclic) bond motifs is 1. The van der Waals surface area contributed by atoms with E-state index in [1.54, 1.807) is 0 Å². The van der Waals surface area contributed by atoms with Crippen LogP contribution in [-0.4, -0.2) is 35.7 Å². The lowest BCUT2D eigenvalue weighted by Crippen LogP contribution is -2.42. The normalized spacial score (nSPS) is 54.3. The Morgan fingerprint density at radius 3 is 2.50 bits per heavy atom. The van der Waals surface area contributed by atoms with Crippen LogP contribution in [0.5, 0.6) is 0 Å². The van der Waals surface area contributed by atoms with Gasteiger partial charge in [0.05, 0.1) is 6.10 Å². The third kappa shape index (κ3) is 0.663. The summed E-state index contributed by atoms with van der Waals surface area (Å²) in [5.74, 6) is 1.39. The zero-order valence-corrected chi connectivity index (χ0v) is 6.62. The number of aliphatic hydroxyl groups is 1. The van der Waals surface area contributed by atoms with Crippen molar-refractivity contribution in [2.24, 2.45) is 11.8 Å². The molecule has 1 aliphatic carbocycles. The molecular formula is C8H15NO. The summed E-state index contributed by atoms with van der Waals surface area (Å²) in [6.45, 7) is 3.36. The molecule has 0 aromatic heterocycles. The van der Waals surface area contributed by atoms with E-state index in [9.17, 15) is 5.11 Å². The fraction of sp³-hybridized carbons (Fsp3) is 1.00. The molecule has 0 spiro atoms. The molecule has 1 N–H and O–H groups in total. The van der Waals surface area contributed by atoms with Crippen molar-refractivity contribution < 1.29 is 5.11 Å². The molecular weight excluding hydrogens is 126 g/mol. The van der Waals surface area contributed by atoms with Gasteiger partial charge in [0.15, 0.2) is 0 Å². The fourth-order valence-corrected chi connectivity index (χ4v) is 2.36. The SMILES string of the molecule is CC1C2CC(O)C2CN1C. The maximum atomic E-state index is 9.33. The molecule has 1 saturated heterocycles. The summed E-state index contributed by atoms with van der Waals surface area (Å²) in [6.07, 6.45) is 1.05. The van der Waals surface area contributed by atoms with Crippen molar-refractivity contribution in [3.8, 4) is 0 Å². The Labute approximate surface area is 61.8 Å². The van der Waals surface area contributed by atoms with Gasteiger partial charge in [-0.2, -0.15) is 0 Å². The van der Waals surface area contributed by atoms with Crippen LogP contribution in [0.25, 0.3) is 0 Å². The monoisotopic (exact) mass is 141 g/mol. The van der Waals surface area contributed by atoms with Gasteiger partial charge in [-0.05, 0) is 26.3 Å². The molecule has 0 radical (unpaired) electrons. The highest BCUT2D eigenvalue weighted by molar-refractivity contribution is 5.01. The van der Waals surface area contributed by atoms with Crippen LogP contribution >= 0.6 is 0 Å². The Balaban J connectivity index is 2.06. The van der Waals surface area contributed by atoms with E-state index < -0.39 is 0 Å². The average molecular weight is 141 g/mol. The van der Waals surface area contributed by atoms with Crippen molar-refractivity contribution in [1.82, 2.24) is 4.90 Å². The predicted octanol–water partition coefficient (Wildman–Crippen LogP) is 0.317. The molecule has 2 rings (SSSR count). The zero-order chi connectivity index (χ0) is 7.30. The van der Waals surface area contributed by atoms with E-state index in [1.165, 1.54) is 0 Å². The van der Waals surface area contributed by atoms with Crippen molar-refractivity contribution >= 4 is 0 Å². The number of hydrogen-bond acceptors (Lipinski definition) is 2. The van der Waals surface area contributed by atoms with Crippen molar-refractivity contribution in [3.05, 3.63) is 0 Å². The van der Waals surface area contributed by atoms with Crippen LogP contribution in [0.15, 0.2) is 0 Å². The predicted molar refractivity (Wildman–Crippen MR) is 39.7 cm³/mol. The maximum Gasteiger partial charge on any atom is 0.0587 e. The van der Waals surface area contributed by atoms with Crippen LogP contribution in [0.4, 0.5) is 0 Å². The van der Waals surface area contributed by atoms with Gasteiger partial charge in [0.1, 0.15) is 0 Å². The number of aliphatic hydroxyl groups excluding tert-OH is 1. The Bertz CT molecular complexity index is 148. The summed E-state index contributed by atoms with van der Waals surface area (Å²) < 4.78 is 0. The van der Waals surface area contributed by atoms with Gasteiger partial charge in [-0.3, -0.25) is 0 Å². The molecule has 1 saturated carbocycles. The number of nitrogens with zero attached hydrogens (tertiary/aromatic N) is 1. The van der Waals surface area contributed by atoms with E-state index in [4.69, 9.17) is 0 Å². The molecule has 1 heterocycles. The lowest BCUT2D eigenvalue weighted by Gasteiger charge is -2.37. The van der Waals surface area contributed by atoms with Gasteiger partial charge < -0.3 is 10.0 Å². The first kappa shape index (κ1) is 6.62. The van der Waals surface area contributed by atoms with Crippen LogP contribution in [0, 0.1) is 11.8 Å². The highest BCUT2D eigenvalue weighted by Gasteiger charge is 2.49. The summed E-state index contributed by atoms with van der Waals surface area (Å²) in [5, 5.41) is 9.33. The summed E-state index contributed by atoms with van der Waals surface area (Å²) >= 11 is 0. The summed E-state index contributed by atoms with van der Waals surface area (Å²) in [7, 11) is 2.15. The summed E-state index contributed by atoms with van der Waals surface area (Å²) in [6, 6.07) is 0.702. The topological polar surface area (TPSA) is 23.5 Å². The van der Waals surface area contributed by atoms with Gasteiger partial charge in [-0.15, -0.1) is 0 Å². The molecule has 4 unspecified atom stereocenters. The van der Waals surface area contributed by atoms with Crippen LogP contribution in [0.3, 0.4) is 0 Å². The third-order valence-electron chi connectivity index (χ3n) is 3.37. The minimum Gasteiger partial charge on any atom is -0.393 e. The van der Waals surface area contributed by atoms with Gasteiger partial charge in [0.25, 0.3) is 0 Å². The van der Waals surface area contributed by atoms with Gasteiger partial charge in [-0.25, -0.2) is 0 Å². The Morgan fingerprint density at radius 1 is 1.40 bits per heavy atom. The van der Waals surface area contributed by atoms with Gasteiger partial charge in [0.2, 0.25) is 0 Å². The van der Waals surface area contributed by atoms with Crippen LogP contribution in [0.2, 0.25) is 0 Å². The standard InChI is InChI=1S/C8H15NO/c1-5-6-3-8(10)7(6)4-9(5)2/h5-8,10H,3-4H2,1-2H3. The van der Waals surface area contributed by atoms with E-state index in [2.05, 4.69) is 18.9 Å². The lowest BCUT2D eigenvalue weighted by atomic mass is 9.71. The Morgan fingerprint density at radius 2 is 2.10 bits per heavy atom. The summed E-state index contributed by atoms with van der Waals surface area (Å²) in [5.41, 5.74) is 0. The molecule has 2 heteroatoms. The van der Waals surface area contributed by atoms with E-state index >= 15 is 0 Å². The minimum atomic E-state index is 0.0115. The van der Waals surface area contributed by atoms with E-state index in [-0.39, 0.29) is 6.10 Å². The quantitative estimate of drug-likeness (QED) is 0.525. The second-order valence-corrected chi connectivity index (χ2v) is 3.81. The Kier molecular flexibility index (Phi) is 1.29. The van der Waals surface area contributed by atoms with Gasteiger partial charge in [0, 0.05) is 18.5 Å². The van der Waals surface area contributed by atoms with Crippen molar-refractivity contribution in [2.45, 2.75) is 25.5 Å². The van der Waals surface area contributed by atoms with Crippen LogP contribution in [-0.2, 0) is 0 Å². The van der Waals surface area contributed by atoms with Crippen molar-refractivity contribution in [2.75, 3.05) is 13.6 Å². The van der Waals surface area contributed by atoms with Crippen LogP contribution in [0.1, 0.15) is 13.3 Å². The molecule has 10 heavy (non-hydrogen) atoms. The molecule has 4 atom stereocenters. The van der Waals surface area contributed by atoms with E-state index in [0.717, 1.165) is 18.9 Å². The van der Waals surface area contributed by atoms with Crippen LogP contribution < -0.4 is 0 Å². The molecule has 0 aromatic carbocycles. The zero-order valence-electron chi connectivity index (χ0n) is 6.62. The van der Waals surface area contributed by atoms with Gasteiger partial charge >= 0.3 is 0 Å². The number of rotatable bonds is 0. The third-order valence-corrected chi connectivity index (χ3v) is 3.37. The molecule has 58 valence electrons. The number of likely N-dealkylation sites (tertiary alicyclic amines) is 1. The second kappa shape index (κ2) is 1.95. The lowest BCUT2D eigenvalue weighted by molar-refractivity contribution is -0.0123. The van der Waals surface area contributed by atoms with Crippen molar-refractivity contribution in [1.29, 1.82) is 0 Å². The molecule has 0 amide bonds. The molecule has 1 aliphatic heterocycles. The Hall–Kier alpha value is -0.0800. The average Bonchev–Trinajstić information content (AvgIpc) is 2.12. The molecule has 0 bridgehead atoms. The summed E-state index contributed by atoms with van der Waals surface area (Å²) in [4.78, 5) is 2.35. The largest absolute Gasteiger partial charge is 0.393 e. The van der Waals surface area contributed by atoms with E-state index in [1.807, 2.05) is 0 Å². The molecule has 2 aliphatic rings. The number of hydrogen-bond donors (Lipinski definition) is 1. The van der Waals surface area contributed by atoms with Crippen molar-refractivity contribution in [3.63, 3.8) is 0 Å². The first-order chi connectivity index (χ1) is 4.70. The minimum absolute atomic E-state index is 0.0115. The molecule has 0 aromatic rings. The smallest absolute Gasteiger partial charge is 0.0587 e. The highest BCUT2D eigenvalue weighted by atomic mass is 16.3.